The van der Waals surface area contributed by atoms with Crippen LogP contribution in [0.25, 0.3) is 0 Å². The van der Waals surface area contributed by atoms with Crippen molar-refractivity contribution in [3.05, 3.63) is 17.2 Å². The van der Waals surface area contributed by atoms with Gasteiger partial charge in [0.25, 0.3) is 0 Å². The number of nitrogens with one attached hydrogen (secondary N) is 1. The summed E-state index contributed by atoms with van der Waals surface area (Å²) < 4.78 is 1.90. The zero-order valence-electron chi connectivity index (χ0n) is 11.7. The maximum absolute atomic E-state index is 10.5. The summed E-state index contributed by atoms with van der Waals surface area (Å²) in [5, 5.41) is 12.3. The molecule has 1 aliphatic rings. The standard InChI is InChI=1S/C13H21ClN4O2/c1-17-11(14)6-16-12(17)9-18-4-2-3-10(8-18)5-15-7-13(19)20/h6,10,15H,2-5,7-9H2,1H3,(H,19,20). The van der Waals surface area contributed by atoms with Crippen LogP contribution in [0.4, 0.5) is 0 Å². The Morgan fingerprint density at radius 2 is 2.45 bits per heavy atom. The quantitative estimate of drug-likeness (QED) is 0.819. The molecule has 0 aliphatic carbocycles. The molecule has 0 spiro atoms. The number of carboxylic acids is 1. The highest BCUT2D eigenvalue weighted by atomic mass is 35.5. The molecule has 1 fully saturated rings. The van der Waals surface area contributed by atoms with Gasteiger partial charge in [0.15, 0.2) is 0 Å². The van der Waals surface area contributed by atoms with Crippen molar-refractivity contribution in [2.45, 2.75) is 19.4 Å². The van der Waals surface area contributed by atoms with Crippen LogP contribution in [0.3, 0.4) is 0 Å². The Hall–Kier alpha value is -1.11. The molecule has 0 bridgehead atoms. The van der Waals surface area contributed by atoms with Crippen LogP contribution in [0.2, 0.25) is 5.15 Å². The molecule has 1 aliphatic heterocycles. The molecule has 6 nitrogen and oxygen atoms in total. The molecule has 1 aromatic heterocycles. The van der Waals surface area contributed by atoms with Crippen molar-refractivity contribution < 1.29 is 9.90 Å². The van der Waals surface area contributed by atoms with Crippen molar-refractivity contribution >= 4 is 17.6 Å². The van der Waals surface area contributed by atoms with E-state index in [2.05, 4.69) is 15.2 Å². The number of carbonyl (C=O) groups is 1. The minimum atomic E-state index is -0.805. The second kappa shape index (κ2) is 7.06. The summed E-state index contributed by atoms with van der Waals surface area (Å²) in [5.41, 5.74) is 0. The summed E-state index contributed by atoms with van der Waals surface area (Å²) in [7, 11) is 1.92. The summed E-state index contributed by atoms with van der Waals surface area (Å²) in [6.07, 6.45) is 3.95. The SMILES string of the molecule is Cn1c(Cl)cnc1CN1CCCC(CNCC(=O)O)C1. The predicted molar refractivity (Wildman–Crippen MR) is 76.7 cm³/mol. The number of imidazole rings is 1. The minimum Gasteiger partial charge on any atom is -0.480 e. The van der Waals surface area contributed by atoms with E-state index in [9.17, 15) is 4.79 Å². The Morgan fingerprint density at radius 1 is 1.65 bits per heavy atom. The third-order valence-corrected chi connectivity index (χ3v) is 4.06. The first-order valence-corrected chi connectivity index (χ1v) is 7.25. The molecule has 112 valence electrons. The number of rotatable bonds is 6. The molecule has 2 rings (SSSR count). The predicted octanol–water partition coefficient (Wildman–Crippen LogP) is 0.960. The summed E-state index contributed by atoms with van der Waals surface area (Å²) in [4.78, 5) is 17.2. The third-order valence-electron chi connectivity index (χ3n) is 3.71. The van der Waals surface area contributed by atoms with Gasteiger partial charge < -0.3 is 15.0 Å². The lowest BCUT2D eigenvalue weighted by Crippen LogP contribution is -2.40. The van der Waals surface area contributed by atoms with Gasteiger partial charge in [0.05, 0.1) is 19.3 Å². The van der Waals surface area contributed by atoms with Crippen LogP contribution in [0.15, 0.2) is 6.20 Å². The number of aromatic nitrogens is 2. The molecular weight excluding hydrogens is 280 g/mol. The first kappa shape index (κ1) is 15.3. The van der Waals surface area contributed by atoms with Crippen molar-refractivity contribution in [2.24, 2.45) is 13.0 Å². The number of halogens is 1. The van der Waals surface area contributed by atoms with E-state index in [0.29, 0.717) is 11.1 Å². The fraction of sp³-hybridized carbons (Fsp3) is 0.692. The molecule has 1 unspecified atom stereocenters. The fourth-order valence-electron chi connectivity index (χ4n) is 2.62. The monoisotopic (exact) mass is 300 g/mol. The van der Waals surface area contributed by atoms with Gasteiger partial charge in [0, 0.05) is 13.6 Å². The van der Waals surface area contributed by atoms with Gasteiger partial charge in [-0.15, -0.1) is 0 Å². The molecule has 2 heterocycles. The lowest BCUT2D eigenvalue weighted by atomic mass is 9.98. The molecule has 0 amide bonds. The largest absolute Gasteiger partial charge is 0.480 e. The average molecular weight is 301 g/mol. The highest BCUT2D eigenvalue weighted by Crippen LogP contribution is 2.18. The van der Waals surface area contributed by atoms with Crippen LogP contribution in [0.1, 0.15) is 18.7 Å². The van der Waals surface area contributed by atoms with Crippen LogP contribution >= 0.6 is 11.6 Å². The van der Waals surface area contributed by atoms with E-state index in [-0.39, 0.29) is 6.54 Å². The minimum absolute atomic E-state index is 0.0332. The van der Waals surface area contributed by atoms with Crippen molar-refractivity contribution in [3.8, 4) is 0 Å². The zero-order chi connectivity index (χ0) is 14.5. The lowest BCUT2D eigenvalue weighted by molar-refractivity contribution is -0.136. The number of hydrogen-bond donors (Lipinski definition) is 2. The normalized spacial score (nSPS) is 20.2. The lowest BCUT2D eigenvalue weighted by Gasteiger charge is -2.32. The van der Waals surface area contributed by atoms with Crippen molar-refractivity contribution in [3.63, 3.8) is 0 Å². The van der Waals surface area contributed by atoms with Crippen LogP contribution in [-0.4, -0.2) is 51.7 Å². The molecule has 1 aromatic rings. The van der Waals surface area contributed by atoms with E-state index in [1.807, 2.05) is 11.6 Å². The first-order valence-electron chi connectivity index (χ1n) is 6.87. The summed E-state index contributed by atoms with van der Waals surface area (Å²) in [5.74, 6) is 0.660. The molecule has 1 atom stereocenters. The number of nitrogens with zero attached hydrogens (tertiary/aromatic N) is 3. The molecule has 20 heavy (non-hydrogen) atoms. The number of hydrogen-bond acceptors (Lipinski definition) is 4. The van der Waals surface area contributed by atoms with Crippen molar-refractivity contribution in [1.82, 2.24) is 19.8 Å². The van der Waals surface area contributed by atoms with E-state index in [1.165, 1.54) is 0 Å². The number of likely N-dealkylation sites (tertiary alicyclic amines) is 1. The van der Waals surface area contributed by atoms with Gasteiger partial charge in [-0.1, -0.05) is 11.6 Å². The zero-order valence-corrected chi connectivity index (χ0v) is 12.4. The Kier molecular flexibility index (Phi) is 5.39. The molecular formula is C13H21ClN4O2. The molecule has 0 saturated carbocycles. The van der Waals surface area contributed by atoms with Crippen LogP contribution in [0, 0.1) is 5.92 Å². The Morgan fingerprint density at radius 3 is 3.10 bits per heavy atom. The van der Waals surface area contributed by atoms with E-state index < -0.39 is 5.97 Å². The molecule has 2 N–H and O–H groups in total. The van der Waals surface area contributed by atoms with Crippen LogP contribution in [0.5, 0.6) is 0 Å². The number of carboxylic acid groups (broad SMARTS) is 1. The van der Waals surface area contributed by atoms with E-state index in [4.69, 9.17) is 16.7 Å². The van der Waals surface area contributed by atoms with Gasteiger partial charge in [-0.2, -0.15) is 0 Å². The molecule has 0 aromatic carbocycles. The number of aliphatic carboxylic acids is 1. The Labute approximate surface area is 123 Å². The maximum Gasteiger partial charge on any atom is 0.317 e. The van der Waals surface area contributed by atoms with Crippen LogP contribution < -0.4 is 5.32 Å². The molecule has 1 saturated heterocycles. The number of piperidine rings is 1. The topological polar surface area (TPSA) is 70.4 Å². The summed E-state index contributed by atoms with van der Waals surface area (Å²) in [6, 6.07) is 0. The van der Waals surface area contributed by atoms with E-state index >= 15 is 0 Å². The third kappa shape index (κ3) is 4.19. The summed E-state index contributed by atoms with van der Waals surface area (Å²) >= 11 is 5.99. The molecule has 0 radical (unpaired) electrons. The second-order valence-electron chi connectivity index (χ2n) is 5.32. The smallest absolute Gasteiger partial charge is 0.317 e. The fourth-order valence-corrected chi connectivity index (χ4v) is 2.76. The first-order chi connectivity index (χ1) is 9.56. The van der Waals surface area contributed by atoms with Gasteiger partial charge in [0.1, 0.15) is 11.0 Å². The highest BCUT2D eigenvalue weighted by Gasteiger charge is 2.21. The van der Waals surface area contributed by atoms with Gasteiger partial charge in [-0.25, -0.2) is 4.98 Å². The Bertz CT molecular complexity index is 463. The van der Waals surface area contributed by atoms with Crippen LogP contribution in [-0.2, 0) is 18.4 Å². The van der Waals surface area contributed by atoms with Gasteiger partial charge in [-0.05, 0) is 31.8 Å². The highest BCUT2D eigenvalue weighted by molar-refractivity contribution is 6.29. The van der Waals surface area contributed by atoms with Crippen molar-refractivity contribution in [1.29, 1.82) is 0 Å². The Balaban J connectivity index is 1.81. The van der Waals surface area contributed by atoms with Crippen molar-refractivity contribution in [2.75, 3.05) is 26.2 Å². The average Bonchev–Trinajstić information content (AvgIpc) is 2.71. The van der Waals surface area contributed by atoms with E-state index in [0.717, 1.165) is 44.8 Å². The van der Waals surface area contributed by atoms with Gasteiger partial charge >= 0.3 is 5.97 Å². The van der Waals surface area contributed by atoms with Gasteiger partial charge in [0.2, 0.25) is 0 Å². The summed E-state index contributed by atoms with van der Waals surface area (Å²) in [6.45, 7) is 3.60. The second-order valence-corrected chi connectivity index (χ2v) is 5.71. The maximum atomic E-state index is 10.5. The molecule has 7 heteroatoms. The van der Waals surface area contributed by atoms with E-state index in [1.54, 1.807) is 6.20 Å². The van der Waals surface area contributed by atoms with Gasteiger partial charge in [-0.3, -0.25) is 9.69 Å².